The molecule has 0 aliphatic carbocycles. The summed E-state index contributed by atoms with van der Waals surface area (Å²) < 4.78 is 16.4. The van der Waals surface area contributed by atoms with Crippen molar-refractivity contribution in [2.75, 3.05) is 12.4 Å². The van der Waals surface area contributed by atoms with Crippen molar-refractivity contribution in [1.29, 1.82) is 0 Å². The number of nitrogens with one attached hydrogen (secondary N) is 1. The summed E-state index contributed by atoms with van der Waals surface area (Å²) in [6.45, 7) is 0.203. The number of rotatable bonds is 6. The summed E-state index contributed by atoms with van der Waals surface area (Å²) in [5, 5.41) is 4.32. The van der Waals surface area contributed by atoms with Crippen molar-refractivity contribution in [3.8, 4) is 11.5 Å². The van der Waals surface area contributed by atoms with Gasteiger partial charge < -0.3 is 19.2 Å². The van der Waals surface area contributed by atoms with Gasteiger partial charge >= 0.3 is 0 Å². The number of aromatic nitrogens is 1. The first-order chi connectivity index (χ1) is 14.1. The van der Waals surface area contributed by atoms with E-state index in [0.717, 1.165) is 16.7 Å². The third kappa shape index (κ3) is 4.50. The maximum atomic E-state index is 12.5. The highest BCUT2D eigenvalue weighted by Gasteiger charge is 2.13. The van der Waals surface area contributed by atoms with Gasteiger partial charge in [-0.05, 0) is 54.6 Å². The lowest BCUT2D eigenvalue weighted by Crippen LogP contribution is -2.11. The van der Waals surface area contributed by atoms with Crippen LogP contribution in [0.3, 0.4) is 0 Å². The molecule has 0 fully saturated rings. The van der Waals surface area contributed by atoms with Crippen LogP contribution in [-0.4, -0.2) is 18.0 Å². The van der Waals surface area contributed by atoms with Crippen LogP contribution in [0.1, 0.15) is 16.3 Å². The molecule has 2 heterocycles. The van der Waals surface area contributed by atoms with Crippen molar-refractivity contribution in [3.63, 3.8) is 0 Å². The monoisotopic (exact) mass is 408 g/mol. The molecule has 29 heavy (non-hydrogen) atoms. The van der Waals surface area contributed by atoms with Crippen LogP contribution in [-0.2, 0) is 6.61 Å². The van der Waals surface area contributed by atoms with E-state index in [4.69, 9.17) is 25.5 Å². The Kier molecular flexibility index (Phi) is 5.35. The SMILES string of the molecule is COc1ccc2cc(NC(=O)c3ccc(COc4ccc(Cl)cc4)o3)cnc2c1. The number of nitrogens with zero attached hydrogens (tertiary/aromatic N) is 1. The third-order valence-corrected chi connectivity index (χ3v) is 4.48. The molecule has 0 saturated carbocycles. The molecule has 0 spiro atoms. The Labute approximate surface area is 172 Å². The summed E-state index contributed by atoms with van der Waals surface area (Å²) in [6.07, 6.45) is 1.59. The van der Waals surface area contributed by atoms with Gasteiger partial charge in [-0.25, -0.2) is 0 Å². The summed E-state index contributed by atoms with van der Waals surface area (Å²) in [4.78, 5) is 16.8. The van der Waals surface area contributed by atoms with Crippen molar-refractivity contribution in [2.24, 2.45) is 0 Å². The first kappa shape index (κ1) is 18.8. The number of amides is 1. The van der Waals surface area contributed by atoms with Gasteiger partial charge in [-0.3, -0.25) is 9.78 Å². The van der Waals surface area contributed by atoms with E-state index in [-0.39, 0.29) is 18.3 Å². The number of anilines is 1. The number of carbonyl (C=O) groups excluding carboxylic acids is 1. The van der Waals surface area contributed by atoms with Gasteiger partial charge in [0, 0.05) is 16.5 Å². The first-order valence-corrected chi connectivity index (χ1v) is 9.21. The maximum Gasteiger partial charge on any atom is 0.291 e. The molecule has 0 aliphatic heterocycles. The molecular weight excluding hydrogens is 392 g/mol. The number of hydrogen-bond donors (Lipinski definition) is 1. The van der Waals surface area contributed by atoms with E-state index in [2.05, 4.69) is 10.3 Å². The van der Waals surface area contributed by atoms with Crippen molar-refractivity contribution < 1.29 is 18.7 Å². The van der Waals surface area contributed by atoms with E-state index in [0.29, 0.717) is 22.2 Å². The van der Waals surface area contributed by atoms with E-state index in [1.165, 1.54) is 0 Å². The highest BCUT2D eigenvalue weighted by Crippen LogP contribution is 2.22. The number of fused-ring (bicyclic) bond motifs is 1. The molecule has 2 aromatic carbocycles. The molecule has 0 atom stereocenters. The van der Waals surface area contributed by atoms with Gasteiger partial charge in [0.05, 0.1) is 24.5 Å². The minimum atomic E-state index is -0.364. The van der Waals surface area contributed by atoms with E-state index < -0.39 is 0 Å². The normalized spacial score (nSPS) is 10.7. The van der Waals surface area contributed by atoms with Crippen molar-refractivity contribution in [1.82, 2.24) is 4.98 Å². The Bertz CT molecular complexity index is 1160. The predicted molar refractivity (Wildman–Crippen MR) is 111 cm³/mol. The minimum Gasteiger partial charge on any atom is -0.497 e. The first-order valence-electron chi connectivity index (χ1n) is 8.83. The molecule has 0 aliphatic rings. The fourth-order valence-corrected chi connectivity index (χ4v) is 2.88. The summed E-state index contributed by atoms with van der Waals surface area (Å²) in [6, 6.07) is 17.7. The van der Waals surface area contributed by atoms with Crippen LogP contribution >= 0.6 is 11.6 Å². The molecule has 0 bridgehead atoms. The van der Waals surface area contributed by atoms with E-state index >= 15 is 0 Å². The number of benzene rings is 2. The summed E-state index contributed by atoms with van der Waals surface area (Å²) in [7, 11) is 1.61. The van der Waals surface area contributed by atoms with E-state index in [9.17, 15) is 4.79 Å². The van der Waals surface area contributed by atoms with Crippen LogP contribution in [0.5, 0.6) is 11.5 Å². The van der Waals surface area contributed by atoms with Crippen molar-refractivity contribution in [3.05, 3.63) is 83.4 Å². The zero-order valence-corrected chi connectivity index (χ0v) is 16.3. The Morgan fingerprint density at radius 3 is 2.66 bits per heavy atom. The van der Waals surface area contributed by atoms with Gasteiger partial charge in [-0.2, -0.15) is 0 Å². The van der Waals surface area contributed by atoms with Crippen LogP contribution in [0.2, 0.25) is 5.02 Å². The number of methoxy groups -OCH3 is 1. The Morgan fingerprint density at radius 2 is 1.86 bits per heavy atom. The summed E-state index contributed by atoms with van der Waals surface area (Å²) >= 11 is 5.85. The second-order valence-corrected chi connectivity index (χ2v) is 6.68. The highest BCUT2D eigenvalue weighted by molar-refractivity contribution is 6.30. The average molecular weight is 409 g/mol. The van der Waals surface area contributed by atoms with Gasteiger partial charge in [0.25, 0.3) is 5.91 Å². The predicted octanol–water partition coefficient (Wildman–Crippen LogP) is 5.32. The third-order valence-electron chi connectivity index (χ3n) is 4.23. The second kappa shape index (κ2) is 8.24. The number of ether oxygens (including phenoxy) is 2. The second-order valence-electron chi connectivity index (χ2n) is 6.25. The smallest absolute Gasteiger partial charge is 0.291 e. The highest BCUT2D eigenvalue weighted by atomic mass is 35.5. The molecule has 4 rings (SSSR count). The lowest BCUT2D eigenvalue weighted by atomic mass is 10.2. The summed E-state index contributed by atoms with van der Waals surface area (Å²) in [5.41, 5.74) is 1.35. The molecule has 0 radical (unpaired) electrons. The Balaban J connectivity index is 1.41. The van der Waals surface area contributed by atoms with Crippen LogP contribution in [0.4, 0.5) is 5.69 Å². The molecule has 0 saturated heterocycles. The van der Waals surface area contributed by atoms with Gasteiger partial charge in [-0.1, -0.05) is 11.6 Å². The number of hydrogen-bond acceptors (Lipinski definition) is 5. The molecule has 6 nitrogen and oxygen atoms in total. The number of halogens is 1. The van der Waals surface area contributed by atoms with Crippen molar-refractivity contribution in [2.45, 2.75) is 6.61 Å². The minimum absolute atomic E-state index is 0.189. The van der Waals surface area contributed by atoms with Crippen LogP contribution in [0.25, 0.3) is 10.9 Å². The molecule has 0 unspecified atom stereocenters. The van der Waals surface area contributed by atoms with Gasteiger partial charge in [0.1, 0.15) is 23.9 Å². The van der Waals surface area contributed by atoms with Gasteiger partial charge in [0.15, 0.2) is 5.76 Å². The number of furan rings is 1. The van der Waals surface area contributed by atoms with E-state index in [1.54, 1.807) is 49.7 Å². The average Bonchev–Trinajstić information content (AvgIpc) is 3.22. The molecule has 7 heteroatoms. The fraction of sp³-hybridized carbons (Fsp3) is 0.0909. The lowest BCUT2D eigenvalue weighted by Gasteiger charge is -2.06. The molecule has 2 aromatic heterocycles. The Morgan fingerprint density at radius 1 is 1.07 bits per heavy atom. The molecule has 4 aromatic rings. The van der Waals surface area contributed by atoms with Gasteiger partial charge in [-0.15, -0.1) is 0 Å². The summed E-state index contributed by atoms with van der Waals surface area (Å²) in [5.74, 6) is 1.75. The quantitative estimate of drug-likeness (QED) is 0.467. The van der Waals surface area contributed by atoms with Crippen LogP contribution < -0.4 is 14.8 Å². The van der Waals surface area contributed by atoms with Crippen LogP contribution in [0.15, 0.2) is 71.3 Å². The van der Waals surface area contributed by atoms with Gasteiger partial charge in [0.2, 0.25) is 0 Å². The Hall–Kier alpha value is -3.51. The molecule has 1 N–H and O–H groups in total. The molecule has 1 amide bonds. The zero-order chi connectivity index (χ0) is 20.2. The fourth-order valence-electron chi connectivity index (χ4n) is 2.75. The standard InChI is InChI=1S/C22H17ClN2O4/c1-27-18-5-2-14-10-16(12-24-20(14)11-18)25-22(26)21-9-8-19(29-21)13-28-17-6-3-15(23)4-7-17/h2-12H,13H2,1H3,(H,25,26). The van der Waals surface area contributed by atoms with E-state index in [1.807, 2.05) is 24.3 Å². The zero-order valence-electron chi connectivity index (χ0n) is 15.5. The number of pyridine rings is 1. The van der Waals surface area contributed by atoms with Crippen LogP contribution in [0, 0.1) is 0 Å². The van der Waals surface area contributed by atoms with Crippen molar-refractivity contribution >= 4 is 34.1 Å². The number of carbonyl (C=O) groups is 1. The maximum absolute atomic E-state index is 12.5. The largest absolute Gasteiger partial charge is 0.497 e. The topological polar surface area (TPSA) is 73.6 Å². The molecule has 146 valence electrons. The molecular formula is C22H17ClN2O4. The lowest BCUT2D eigenvalue weighted by molar-refractivity contribution is 0.0992.